The fourth-order valence-electron chi connectivity index (χ4n) is 1.80. The topological polar surface area (TPSA) is 15.8 Å². The highest BCUT2D eigenvalue weighted by Crippen LogP contribution is 2.24. The van der Waals surface area contributed by atoms with E-state index in [0.29, 0.717) is 0 Å². The lowest BCUT2D eigenvalue weighted by molar-refractivity contribution is 1.55. The van der Waals surface area contributed by atoms with E-state index in [0.717, 1.165) is 0 Å². The summed E-state index contributed by atoms with van der Waals surface area (Å²) in [4.78, 5) is 3.38. The Morgan fingerprint density at radius 3 is 1.57 bits per heavy atom. The van der Waals surface area contributed by atoms with Crippen LogP contribution in [0.25, 0.3) is 21.8 Å². The summed E-state index contributed by atoms with van der Waals surface area (Å²) in [5.74, 6) is 0. The zero-order valence-electron chi connectivity index (χ0n) is 7.62. The Bertz CT molecular complexity index is 518. The van der Waals surface area contributed by atoms with Crippen LogP contribution in [0.4, 0.5) is 0 Å². The molecule has 0 atom stereocenters. The molecule has 1 nitrogen and oxygen atoms in total. The van der Waals surface area contributed by atoms with Gasteiger partial charge in [-0.25, -0.2) is 0 Å². The summed E-state index contributed by atoms with van der Waals surface area (Å²) < 4.78 is 0. The van der Waals surface area contributed by atoms with Crippen LogP contribution in [0.5, 0.6) is 0 Å². The number of aromatic nitrogens is 1. The highest BCUT2D eigenvalue weighted by Gasteiger charge is 2.00. The molecule has 0 spiro atoms. The van der Waals surface area contributed by atoms with Gasteiger partial charge in [-0.05, 0) is 12.1 Å². The van der Waals surface area contributed by atoms with Gasteiger partial charge >= 0.3 is 0 Å². The molecule has 1 heterocycles. The lowest BCUT2D eigenvalue weighted by atomic mass is 10.2. The monoisotopic (exact) mass is 201 g/mol. The van der Waals surface area contributed by atoms with E-state index in [4.69, 9.17) is 0 Å². The van der Waals surface area contributed by atoms with Crippen LogP contribution in [-0.4, -0.2) is 4.98 Å². The van der Waals surface area contributed by atoms with Crippen molar-refractivity contribution >= 4 is 35.3 Å². The second-order valence-electron chi connectivity index (χ2n) is 3.22. The molecule has 70 valence electrons. The maximum Gasteiger partial charge on any atom is 0.0464 e. The van der Waals surface area contributed by atoms with E-state index in [1.165, 1.54) is 21.8 Å². The Hall–Kier alpha value is -1.41. The Labute approximate surface area is 89.2 Å². The Balaban J connectivity index is 0.000000750. The summed E-state index contributed by atoms with van der Waals surface area (Å²) >= 11 is 0. The van der Waals surface area contributed by atoms with Crippen molar-refractivity contribution < 1.29 is 0 Å². The molecule has 0 bridgehead atoms. The third-order valence-electron chi connectivity index (χ3n) is 2.41. The van der Waals surface area contributed by atoms with Gasteiger partial charge in [-0.3, -0.25) is 0 Å². The first-order valence-corrected chi connectivity index (χ1v) is 4.40. The summed E-state index contributed by atoms with van der Waals surface area (Å²) in [6, 6.07) is 16.8. The number of aromatic amines is 1. The molecule has 3 aromatic rings. The van der Waals surface area contributed by atoms with Crippen molar-refractivity contribution in [1.82, 2.24) is 4.98 Å². The molecule has 1 N–H and O–H groups in total. The van der Waals surface area contributed by atoms with E-state index < -0.39 is 0 Å². The summed E-state index contributed by atoms with van der Waals surface area (Å²) in [7, 11) is 0. The molecule has 0 unspecified atom stereocenters. The van der Waals surface area contributed by atoms with Gasteiger partial charge in [0.05, 0.1) is 0 Å². The van der Waals surface area contributed by atoms with E-state index in [1.54, 1.807) is 0 Å². The van der Waals surface area contributed by atoms with E-state index >= 15 is 0 Å². The normalized spacial score (nSPS) is 10.3. The third kappa shape index (κ3) is 1.19. The molecule has 2 heteroatoms. The van der Waals surface area contributed by atoms with Gasteiger partial charge in [-0.15, -0.1) is 0 Å². The number of rotatable bonds is 0. The molecule has 0 aliphatic carbocycles. The molecule has 0 aliphatic rings. The van der Waals surface area contributed by atoms with Gasteiger partial charge in [0.25, 0.3) is 0 Å². The van der Waals surface area contributed by atoms with Crippen LogP contribution in [0, 0.1) is 0 Å². The standard InChI is InChI=1S/C12H9N.H2S/c1-3-7-11-9(5-1)10-6-2-4-8-12(10)13-11;/h1-8,13H;1H2. The SMILES string of the molecule is S.c1ccc2c(c1)[nH]c1ccccc12. The van der Waals surface area contributed by atoms with Crippen molar-refractivity contribution in [3.05, 3.63) is 48.5 Å². The first kappa shape index (κ1) is 9.16. The van der Waals surface area contributed by atoms with Gasteiger partial charge < -0.3 is 4.98 Å². The maximum atomic E-state index is 3.38. The second-order valence-corrected chi connectivity index (χ2v) is 3.22. The lowest BCUT2D eigenvalue weighted by Gasteiger charge is -1.87. The molecule has 0 radical (unpaired) electrons. The quantitative estimate of drug-likeness (QED) is 0.573. The van der Waals surface area contributed by atoms with E-state index in [9.17, 15) is 0 Å². The van der Waals surface area contributed by atoms with Crippen LogP contribution >= 0.6 is 13.5 Å². The molecule has 14 heavy (non-hydrogen) atoms. The van der Waals surface area contributed by atoms with E-state index in [-0.39, 0.29) is 13.5 Å². The van der Waals surface area contributed by atoms with Gasteiger partial charge in [0.15, 0.2) is 0 Å². The fraction of sp³-hybridized carbons (Fsp3) is 0. The Morgan fingerprint density at radius 2 is 1.07 bits per heavy atom. The van der Waals surface area contributed by atoms with Crippen molar-refractivity contribution in [1.29, 1.82) is 0 Å². The van der Waals surface area contributed by atoms with Crippen molar-refractivity contribution in [3.63, 3.8) is 0 Å². The van der Waals surface area contributed by atoms with Crippen molar-refractivity contribution in [2.75, 3.05) is 0 Å². The van der Waals surface area contributed by atoms with Crippen LogP contribution < -0.4 is 0 Å². The molecule has 0 amide bonds. The first-order valence-electron chi connectivity index (χ1n) is 4.40. The lowest BCUT2D eigenvalue weighted by Crippen LogP contribution is -1.62. The van der Waals surface area contributed by atoms with Crippen LogP contribution in [0.2, 0.25) is 0 Å². The van der Waals surface area contributed by atoms with Crippen LogP contribution in [0.15, 0.2) is 48.5 Å². The highest BCUT2D eigenvalue weighted by molar-refractivity contribution is 7.59. The molecule has 3 rings (SSSR count). The Kier molecular flexibility index (Phi) is 2.22. The summed E-state index contributed by atoms with van der Waals surface area (Å²) in [6.45, 7) is 0. The molecule has 0 saturated carbocycles. The second kappa shape index (κ2) is 3.39. The number of nitrogens with one attached hydrogen (secondary N) is 1. The molecule has 0 aliphatic heterocycles. The number of hydrogen-bond acceptors (Lipinski definition) is 0. The van der Waals surface area contributed by atoms with Crippen LogP contribution in [0.3, 0.4) is 0 Å². The number of hydrogen-bond donors (Lipinski definition) is 1. The van der Waals surface area contributed by atoms with E-state index in [2.05, 4.69) is 53.5 Å². The molecule has 0 fully saturated rings. The van der Waals surface area contributed by atoms with Gasteiger partial charge in [0.2, 0.25) is 0 Å². The fourth-order valence-corrected chi connectivity index (χ4v) is 1.80. The molecule has 1 aromatic heterocycles. The molecular formula is C12H11NS. The average Bonchev–Trinajstić information content (AvgIpc) is 2.56. The predicted octanol–water partition coefficient (Wildman–Crippen LogP) is 3.43. The van der Waals surface area contributed by atoms with Crippen LogP contribution in [0.1, 0.15) is 0 Å². The summed E-state index contributed by atoms with van der Waals surface area (Å²) in [5.41, 5.74) is 2.42. The zero-order chi connectivity index (χ0) is 8.67. The number of benzene rings is 2. The van der Waals surface area contributed by atoms with Crippen molar-refractivity contribution in [2.24, 2.45) is 0 Å². The molecule has 0 saturated heterocycles. The summed E-state index contributed by atoms with van der Waals surface area (Å²) in [6.07, 6.45) is 0. The average molecular weight is 201 g/mol. The van der Waals surface area contributed by atoms with Crippen LogP contribution in [-0.2, 0) is 0 Å². The minimum Gasteiger partial charge on any atom is -0.355 e. The van der Waals surface area contributed by atoms with Gasteiger partial charge in [-0.2, -0.15) is 13.5 Å². The number of H-pyrrole nitrogens is 1. The highest BCUT2D eigenvalue weighted by atomic mass is 32.1. The van der Waals surface area contributed by atoms with Gasteiger partial charge in [0.1, 0.15) is 0 Å². The van der Waals surface area contributed by atoms with Gasteiger partial charge in [0, 0.05) is 21.8 Å². The maximum absolute atomic E-state index is 3.38. The Morgan fingerprint density at radius 1 is 0.643 bits per heavy atom. The first-order chi connectivity index (χ1) is 6.45. The zero-order valence-corrected chi connectivity index (χ0v) is 8.62. The number of fused-ring (bicyclic) bond motifs is 3. The summed E-state index contributed by atoms with van der Waals surface area (Å²) in [5, 5.41) is 2.61. The number of para-hydroxylation sites is 2. The minimum absolute atomic E-state index is 0. The minimum atomic E-state index is 0. The van der Waals surface area contributed by atoms with Crippen molar-refractivity contribution in [3.8, 4) is 0 Å². The largest absolute Gasteiger partial charge is 0.355 e. The molecule has 2 aromatic carbocycles. The third-order valence-corrected chi connectivity index (χ3v) is 2.41. The molecular weight excluding hydrogens is 190 g/mol. The van der Waals surface area contributed by atoms with Gasteiger partial charge in [-0.1, -0.05) is 36.4 Å². The van der Waals surface area contributed by atoms with E-state index in [1.807, 2.05) is 0 Å². The predicted molar refractivity (Wildman–Crippen MR) is 66.2 cm³/mol. The van der Waals surface area contributed by atoms with Crippen molar-refractivity contribution in [2.45, 2.75) is 0 Å². The smallest absolute Gasteiger partial charge is 0.0464 e.